The van der Waals surface area contributed by atoms with Crippen LogP contribution in [0.5, 0.6) is 0 Å². The van der Waals surface area contributed by atoms with Gasteiger partial charge in [-0.15, -0.1) is 0 Å². The van der Waals surface area contributed by atoms with Gasteiger partial charge in [-0.05, 0) is 6.07 Å². The molecule has 1 rings (SSSR count). The maximum Gasteiger partial charge on any atom is 0.126 e. The third-order valence-corrected chi connectivity index (χ3v) is 2.33. The molecule has 1 aromatic rings. The molecule has 5 heteroatoms. The standard InChI is InChI=1S/C5H2Cl3NS/c6-2-1-3(7)5(10)9-4(2)8/h1H,(H,9,10). The number of hydrogen-bond donors (Lipinski definition) is 1. The molecule has 0 aliphatic carbocycles. The summed E-state index contributed by atoms with van der Waals surface area (Å²) in [7, 11) is 0. The quantitative estimate of drug-likeness (QED) is 0.514. The van der Waals surface area contributed by atoms with Gasteiger partial charge in [0, 0.05) is 0 Å². The minimum atomic E-state index is 0.316. The molecule has 1 nitrogen and oxygen atoms in total. The number of hydrogen-bond acceptors (Lipinski definition) is 1. The second kappa shape index (κ2) is 3.09. The summed E-state index contributed by atoms with van der Waals surface area (Å²) in [6.07, 6.45) is 0. The fraction of sp³-hybridized carbons (Fsp3) is 0. The highest BCUT2D eigenvalue weighted by molar-refractivity contribution is 7.71. The van der Waals surface area contributed by atoms with E-state index in [2.05, 4.69) is 4.98 Å². The Balaban J connectivity index is 3.43. The molecule has 0 atom stereocenters. The normalized spacial score (nSPS) is 9.90. The number of aromatic amines is 1. The number of rotatable bonds is 0. The average molecular weight is 215 g/mol. The van der Waals surface area contributed by atoms with E-state index in [1.165, 1.54) is 6.07 Å². The van der Waals surface area contributed by atoms with E-state index in [1.54, 1.807) is 0 Å². The summed E-state index contributed by atoms with van der Waals surface area (Å²) in [6, 6.07) is 1.50. The van der Waals surface area contributed by atoms with Crippen LogP contribution in [0, 0.1) is 4.64 Å². The summed E-state index contributed by atoms with van der Waals surface area (Å²) < 4.78 is 0.399. The third-order valence-electron chi connectivity index (χ3n) is 0.903. The highest BCUT2D eigenvalue weighted by Gasteiger charge is 1.98. The zero-order valence-electron chi connectivity index (χ0n) is 4.62. The molecule has 1 heterocycles. The van der Waals surface area contributed by atoms with Crippen molar-refractivity contribution in [1.82, 2.24) is 4.98 Å². The number of H-pyrrole nitrogens is 1. The summed E-state index contributed by atoms with van der Waals surface area (Å²) in [5.74, 6) is 0. The van der Waals surface area contributed by atoms with Crippen LogP contribution in [-0.2, 0) is 0 Å². The Morgan fingerprint density at radius 1 is 1.20 bits per heavy atom. The zero-order chi connectivity index (χ0) is 7.72. The van der Waals surface area contributed by atoms with Gasteiger partial charge in [-0.3, -0.25) is 0 Å². The lowest BCUT2D eigenvalue weighted by atomic mass is 10.5. The lowest BCUT2D eigenvalue weighted by Gasteiger charge is -1.95. The first-order valence-corrected chi connectivity index (χ1v) is 3.89. The predicted molar refractivity (Wildman–Crippen MR) is 46.7 cm³/mol. The molecule has 10 heavy (non-hydrogen) atoms. The Bertz CT molecular complexity index is 306. The Labute approximate surface area is 77.9 Å². The lowest BCUT2D eigenvalue weighted by Crippen LogP contribution is -1.78. The largest absolute Gasteiger partial charge is 0.335 e. The van der Waals surface area contributed by atoms with Crippen molar-refractivity contribution in [2.75, 3.05) is 0 Å². The predicted octanol–water partition coefficient (Wildman–Crippen LogP) is 3.70. The molecule has 1 aromatic heterocycles. The van der Waals surface area contributed by atoms with E-state index in [-0.39, 0.29) is 0 Å². The van der Waals surface area contributed by atoms with Crippen LogP contribution in [0.3, 0.4) is 0 Å². The fourth-order valence-electron chi connectivity index (χ4n) is 0.459. The molecule has 0 unspecified atom stereocenters. The highest BCUT2D eigenvalue weighted by Crippen LogP contribution is 2.23. The van der Waals surface area contributed by atoms with Gasteiger partial charge in [-0.1, -0.05) is 47.0 Å². The molecule has 0 saturated heterocycles. The maximum absolute atomic E-state index is 5.61. The minimum absolute atomic E-state index is 0.316. The monoisotopic (exact) mass is 213 g/mol. The minimum Gasteiger partial charge on any atom is -0.335 e. The smallest absolute Gasteiger partial charge is 0.126 e. The van der Waals surface area contributed by atoms with Crippen molar-refractivity contribution in [3.8, 4) is 0 Å². The first kappa shape index (κ1) is 8.34. The molecule has 0 spiro atoms. The Hall–Kier alpha value is 0.240. The number of nitrogens with one attached hydrogen (secondary N) is 1. The van der Waals surface area contributed by atoms with Crippen molar-refractivity contribution in [3.05, 3.63) is 25.9 Å². The summed E-state index contributed by atoms with van der Waals surface area (Å²) in [4.78, 5) is 2.62. The van der Waals surface area contributed by atoms with Crippen LogP contribution < -0.4 is 0 Å². The summed E-state index contributed by atoms with van der Waals surface area (Å²) in [5.41, 5.74) is 0. The topological polar surface area (TPSA) is 15.8 Å². The molecule has 0 saturated carbocycles. The molecule has 0 amide bonds. The van der Waals surface area contributed by atoms with Gasteiger partial charge < -0.3 is 4.98 Å². The van der Waals surface area contributed by atoms with Crippen LogP contribution in [0.25, 0.3) is 0 Å². The first-order chi connectivity index (χ1) is 4.61. The molecule has 0 aliphatic heterocycles. The third kappa shape index (κ3) is 1.64. The van der Waals surface area contributed by atoms with E-state index < -0.39 is 0 Å². The second-order valence-electron chi connectivity index (χ2n) is 1.61. The molecule has 0 bridgehead atoms. The molecule has 1 N–H and O–H groups in total. The van der Waals surface area contributed by atoms with Gasteiger partial charge in [0.15, 0.2) is 0 Å². The summed E-state index contributed by atoms with van der Waals surface area (Å²) in [5, 5.41) is 1.10. The van der Waals surface area contributed by atoms with E-state index in [0.29, 0.717) is 19.8 Å². The molecule has 54 valence electrons. The van der Waals surface area contributed by atoms with E-state index in [0.717, 1.165) is 0 Å². The first-order valence-electron chi connectivity index (χ1n) is 2.35. The molecular formula is C5H2Cl3NS. The highest BCUT2D eigenvalue weighted by atomic mass is 35.5. The van der Waals surface area contributed by atoms with Crippen LogP contribution >= 0.6 is 47.0 Å². The molecule has 0 radical (unpaired) electrons. The van der Waals surface area contributed by atoms with Gasteiger partial charge in [0.2, 0.25) is 0 Å². The molecular weight excluding hydrogens is 212 g/mol. The average Bonchev–Trinajstić information content (AvgIpc) is 1.84. The molecule has 0 fully saturated rings. The SMILES string of the molecule is S=c1[nH]c(Cl)c(Cl)cc1Cl. The van der Waals surface area contributed by atoms with Crippen LogP contribution in [0.4, 0.5) is 0 Å². The van der Waals surface area contributed by atoms with Crippen molar-refractivity contribution in [3.63, 3.8) is 0 Å². The maximum atomic E-state index is 5.61. The van der Waals surface area contributed by atoms with Crippen LogP contribution in [0.2, 0.25) is 15.2 Å². The van der Waals surface area contributed by atoms with Crippen LogP contribution in [0.15, 0.2) is 6.07 Å². The van der Waals surface area contributed by atoms with Gasteiger partial charge in [0.25, 0.3) is 0 Å². The zero-order valence-corrected chi connectivity index (χ0v) is 7.70. The summed E-state index contributed by atoms with van der Waals surface area (Å²) >= 11 is 21.5. The molecule has 0 aromatic carbocycles. The van der Waals surface area contributed by atoms with Gasteiger partial charge >= 0.3 is 0 Å². The van der Waals surface area contributed by atoms with Crippen molar-refractivity contribution in [1.29, 1.82) is 0 Å². The summed E-state index contributed by atoms with van der Waals surface area (Å²) in [6.45, 7) is 0. The van der Waals surface area contributed by atoms with Crippen molar-refractivity contribution >= 4 is 47.0 Å². The second-order valence-corrected chi connectivity index (χ2v) is 3.21. The van der Waals surface area contributed by atoms with Crippen molar-refractivity contribution < 1.29 is 0 Å². The van der Waals surface area contributed by atoms with E-state index in [1.807, 2.05) is 0 Å². The number of pyridine rings is 1. The number of aromatic nitrogens is 1. The van der Waals surface area contributed by atoms with E-state index in [9.17, 15) is 0 Å². The Kier molecular flexibility index (Phi) is 2.58. The Morgan fingerprint density at radius 2 is 1.80 bits per heavy atom. The van der Waals surface area contributed by atoms with Crippen molar-refractivity contribution in [2.45, 2.75) is 0 Å². The van der Waals surface area contributed by atoms with Crippen molar-refractivity contribution in [2.24, 2.45) is 0 Å². The van der Waals surface area contributed by atoms with Crippen LogP contribution in [0.1, 0.15) is 0 Å². The van der Waals surface area contributed by atoms with Crippen LogP contribution in [-0.4, -0.2) is 4.98 Å². The fourth-order valence-corrected chi connectivity index (χ4v) is 1.19. The van der Waals surface area contributed by atoms with Gasteiger partial charge in [0.05, 0.1) is 10.0 Å². The lowest BCUT2D eigenvalue weighted by molar-refractivity contribution is 1.30. The van der Waals surface area contributed by atoms with E-state index >= 15 is 0 Å². The van der Waals surface area contributed by atoms with Gasteiger partial charge in [0.1, 0.15) is 9.79 Å². The molecule has 0 aliphatic rings. The Morgan fingerprint density at radius 3 is 2.30 bits per heavy atom. The van der Waals surface area contributed by atoms with E-state index in [4.69, 9.17) is 47.0 Å². The van der Waals surface area contributed by atoms with Gasteiger partial charge in [-0.2, -0.15) is 0 Å². The van der Waals surface area contributed by atoms with Gasteiger partial charge in [-0.25, -0.2) is 0 Å². The number of halogens is 3.